The predicted octanol–water partition coefficient (Wildman–Crippen LogP) is 1.82. The van der Waals surface area contributed by atoms with Gasteiger partial charge in [0.25, 0.3) is 5.91 Å². The van der Waals surface area contributed by atoms with Crippen LogP contribution in [0.15, 0.2) is 0 Å². The third kappa shape index (κ3) is 2.82. The average Bonchev–Trinajstić information content (AvgIpc) is 2.86. The highest BCUT2D eigenvalue weighted by Crippen LogP contribution is 2.31. The lowest BCUT2D eigenvalue weighted by atomic mass is 9.82. The number of piperidine rings is 1. The van der Waals surface area contributed by atoms with Gasteiger partial charge in [0.05, 0.1) is 11.1 Å². The lowest BCUT2D eigenvalue weighted by molar-refractivity contribution is -0.150. The van der Waals surface area contributed by atoms with Gasteiger partial charge in [0.2, 0.25) is 0 Å². The molecule has 0 aliphatic carbocycles. The molecule has 20 heavy (non-hydrogen) atoms. The summed E-state index contributed by atoms with van der Waals surface area (Å²) < 4.78 is 3.86. The molecule has 2 heterocycles. The van der Waals surface area contributed by atoms with Crippen molar-refractivity contribution in [3.05, 3.63) is 10.6 Å². The molecule has 1 unspecified atom stereocenters. The lowest BCUT2D eigenvalue weighted by Crippen LogP contribution is -2.48. The molecule has 1 aliphatic heterocycles. The van der Waals surface area contributed by atoms with Crippen LogP contribution < -0.4 is 0 Å². The lowest BCUT2D eigenvalue weighted by Gasteiger charge is -2.37. The molecule has 1 aromatic rings. The number of aliphatic carboxylic acids is 1. The maximum Gasteiger partial charge on any atom is 0.311 e. The topological polar surface area (TPSA) is 83.4 Å². The Morgan fingerprint density at radius 3 is 2.90 bits per heavy atom. The summed E-state index contributed by atoms with van der Waals surface area (Å²) >= 11 is 1.10. The second-order valence-corrected chi connectivity index (χ2v) is 6.25. The number of carbonyl (C=O) groups is 2. The van der Waals surface area contributed by atoms with Crippen LogP contribution in [0.4, 0.5) is 0 Å². The fourth-order valence-electron chi connectivity index (χ4n) is 2.50. The standard InChI is InChI=1S/C13H19N3O3S/c1-3-5-9-10(20-15-14-9)11(17)16-7-4-6-13(2,8-16)12(18)19/h3-8H2,1-2H3,(H,18,19). The predicted molar refractivity (Wildman–Crippen MR) is 74.8 cm³/mol. The van der Waals surface area contributed by atoms with Gasteiger partial charge in [0.15, 0.2) is 0 Å². The van der Waals surface area contributed by atoms with Crippen LogP contribution >= 0.6 is 11.5 Å². The molecule has 1 atom stereocenters. The summed E-state index contributed by atoms with van der Waals surface area (Å²) in [6.45, 7) is 4.58. The third-order valence-corrected chi connectivity index (χ3v) is 4.49. The molecule has 6 nitrogen and oxygen atoms in total. The SMILES string of the molecule is CCCc1nnsc1C(=O)N1CCCC(C)(C(=O)O)C1. The van der Waals surface area contributed by atoms with E-state index >= 15 is 0 Å². The van der Waals surface area contributed by atoms with Crippen molar-refractivity contribution in [1.82, 2.24) is 14.5 Å². The highest BCUT2D eigenvalue weighted by Gasteiger charge is 2.40. The molecule has 1 aliphatic rings. The number of hydrogen-bond acceptors (Lipinski definition) is 5. The van der Waals surface area contributed by atoms with Gasteiger partial charge in [-0.15, -0.1) is 5.10 Å². The first-order chi connectivity index (χ1) is 9.48. The first-order valence-electron chi connectivity index (χ1n) is 6.82. The monoisotopic (exact) mass is 297 g/mol. The molecule has 1 aromatic heterocycles. The van der Waals surface area contributed by atoms with E-state index in [9.17, 15) is 14.7 Å². The summed E-state index contributed by atoms with van der Waals surface area (Å²) in [5.74, 6) is -0.971. The van der Waals surface area contributed by atoms with Gasteiger partial charge >= 0.3 is 5.97 Å². The number of hydrogen-bond donors (Lipinski definition) is 1. The zero-order chi connectivity index (χ0) is 14.8. The number of carboxylic acid groups (broad SMARTS) is 1. The smallest absolute Gasteiger partial charge is 0.311 e. The Bertz CT molecular complexity index is 517. The van der Waals surface area contributed by atoms with Crippen LogP contribution in [-0.2, 0) is 11.2 Å². The van der Waals surface area contributed by atoms with E-state index in [0.29, 0.717) is 24.3 Å². The van der Waals surface area contributed by atoms with Crippen molar-refractivity contribution < 1.29 is 14.7 Å². The number of amides is 1. The van der Waals surface area contributed by atoms with Crippen molar-refractivity contribution in [3.63, 3.8) is 0 Å². The molecular weight excluding hydrogens is 278 g/mol. The summed E-state index contributed by atoms with van der Waals surface area (Å²) in [5, 5.41) is 13.3. The molecule has 1 amide bonds. The van der Waals surface area contributed by atoms with E-state index in [1.165, 1.54) is 0 Å². The van der Waals surface area contributed by atoms with Gasteiger partial charge < -0.3 is 10.0 Å². The molecular formula is C13H19N3O3S. The minimum Gasteiger partial charge on any atom is -0.481 e. The van der Waals surface area contributed by atoms with Gasteiger partial charge in [0.1, 0.15) is 4.88 Å². The van der Waals surface area contributed by atoms with E-state index in [1.54, 1.807) is 11.8 Å². The van der Waals surface area contributed by atoms with Gasteiger partial charge in [-0.05, 0) is 37.7 Å². The normalized spacial score (nSPS) is 22.8. The highest BCUT2D eigenvalue weighted by atomic mass is 32.1. The van der Waals surface area contributed by atoms with Crippen molar-refractivity contribution in [3.8, 4) is 0 Å². The van der Waals surface area contributed by atoms with Crippen LogP contribution in [0.1, 0.15) is 48.5 Å². The summed E-state index contributed by atoms with van der Waals surface area (Å²) in [6.07, 6.45) is 2.94. The number of carboxylic acids is 1. The van der Waals surface area contributed by atoms with Gasteiger partial charge in [0, 0.05) is 13.1 Å². The van der Waals surface area contributed by atoms with Crippen LogP contribution in [0.2, 0.25) is 0 Å². The molecule has 110 valence electrons. The molecule has 0 radical (unpaired) electrons. The quantitative estimate of drug-likeness (QED) is 0.916. The molecule has 2 rings (SSSR count). The molecule has 0 saturated carbocycles. The number of nitrogens with zero attached hydrogens (tertiary/aromatic N) is 3. The second kappa shape index (κ2) is 5.87. The van der Waals surface area contributed by atoms with Gasteiger partial charge in [-0.2, -0.15) is 0 Å². The summed E-state index contributed by atoms with van der Waals surface area (Å²) in [7, 11) is 0. The third-order valence-electron chi connectivity index (χ3n) is 3.74. The highest BCUT2D eigenvalue weighted by molar-refractivity contribution is 7.08. The Labute approximate surface area is 122 Å². The van der Waals surface area contributed by atoms with E-state index in [4.69, 9.17) is 0 Å². The number of likely N-dealkylation sites (tertiary alicyclic amines) is 1. The molecule has 0 spiro atoms. The Kier molecular flexibility index (Phi) is 4.37. The number of carbonyl (C=O) groups excluding carboxylic acids is 1. The second-order valence-electron chi connectivity index (χ2n) is 5.49. The van der Waals surface area contributed by atoms with E-state index in [2.05, 4.69) is 9.59 Å². The van der Waals surface area contributed by atoms with E-state index in [1.807, 2.05) is 6.92 Å². The molecule has 0 aromatic carbocycles. The Morgan fingerprint density at radius 1 is 1.50 bits per heavy atom. The fourth-order valence-corrected chi connectivity index (χ4v) is 3.18. The minimum absolute atomic E-state index is 0.129. The average molecular weight is 297 g/mol. The Balaban J connectivity index is 2.16. The minimum atomic E-state index is -0.850. The van der Waals surface area contributed by atoms with Gasteiger partial charge in [-0.1, -0.05) is 17.8 Å². The zero-order valence-corrected chi connectivity index (χ0v) is 12.6. The largest absolute Gasteiger partial charge is 0.481 e. The van der Waals surface area contributed by atoms with Crippen LogP contribution in [0.5, 0.6) is 0 Å². The number of aromatic nitrogens is 2. The molecule has 1 saturated heterocycles. The Hall–Kier alpha value is -1.50. The summed E-state index contributed by atoms with van der Waals surface area (Å²) in [6, 6.07) is 0. The van der Waals surface area contributed by atoms with E-state index in [-0.39, 0.29) is 12.5 Å². The van der Waals surface area contributed by atoms with Crippen molar-refractivity contribution >= 4 is 23.4 Å². The van der Waals surface area contributed by atoms with Crippen molar-refractivity contribution in [2.45, 2.75) is 39.5 Å². The molecule has 1 fully saturated rings. The van der Waals surface area contributed by atoms with E-state index in [0.717, 1.165) is 30.1 Å². The summed E-state index contributed by atoms with van der Waals surface area (Å²) in [5.41, 5.74) is -0.123. The Morgan fingerprint density at radius 2 is 2.25 bits per heavy atom. The van der Waals surface area contributed by atoms with Crippen molar-refractivity contribution in [2.24, 2.45) is 5.41 Å². The van der Waals surface area contributed by atoms with Crippen LogP contribution in [0, 0.1) is 5.41 Å². The van der Waals surface area contributed by atoms with Crippen molar-refractivity contribution in [1.29, 1.82) is 0 Å². The summed E-state index contributed by atoms with van der Waals surface area (Å²) in [4.78, 5) is 26.1. The molecule has 0 bridgehead atoms. The maximum absolute atomic E-state index is 12.5. The van der Waals surface area contributed by atoms with Gasteiger partial charge in [-0.25, -0.2) is 0 Å². The van der Waals surface area contributed by atoms with Gasteiger partial charge in [-0.3, -0.25) is 9.59 Å². The first kappa shape index (κ1) is 14.9. The molecule has 7 heteroatoms. The maximum atomic E-state index is 12.5. The van der Waals surface area contributed by atoms with Crippen molar-refractivity contribution in [2.75, 3.05) is 13.1 Å². The first-order valence-corrected chi connectivity index (χ1v) is 7.59. The van der Waals surface area contributed by atoms with E-state index < -0.39 is 11.4 Å². The fraction of sp³-hybridized carbons (Fsp3) is 0.692. The van der Waals surface area contributed by atoms with Crippen LogP contribution in [-0.4, -0.2) is 44.6 Å². The number of aryl methyl sites for hydroxylation is 1. The van der Waals surface area contributed by atoms with Crippen LogP contribution in [0.3, 0.4) is 0 Å². The molecule has 1 N–H and O–H groups in total. The number of rotatable bonds is 4. The zero-order valence-electron chi connectivity index (χ0n) is 11.8. The van der Waals surface area contributed by atoms with Crippen LogP contribution in [0.25, 0.3) is 0 Å².